The van der Waals surface area contributed by atoms with Crippen LogP contribution in [-0.2, 0) is 17.9 Å². The third kappa shape index (κ3) is 9.01. The Balaban J connectivity index is 0.00000506. The number of hydrogen-bond acceptors (Lipinski definition) is 6. The summed E-state index contributed by atoms with van der Waals surface area (Å²) in [5, 5.41) is 14.4. The third-order valence-corrected chi connectivity index (χ3v) is 7.71. The second-order valence-electron chi connectivity index (χ2n) is 10.1. The molecule has 4 aromatic rings. The zero-order valence-electron chi connectivity index (χ0n) is 24.7. The van der Waals surface area contributed by atoms with Gasteiger partial charge in [-0.1, -0.05) is 60.7 Å². The van der Waals surface area contributed by atoms with Crippen LogP contribution in [0.5, 0.6) is 0 Å². The van der Waals surface area contributed by atoms with Crippen molar-refractivity contribution in [3.05, 3.63) is 125 Å². The van der Waals surface area contributed by atoms with Gasteiger partial charge < -0.3 is 25.9 Å². The van der Waals surface area contributed by atoms with Gasteiger partial charge in [0.05, 0.1) is 12.0 Å². The molecular weight excluding hydrogens is 553 g/mol. The van der Waals surface area contributed by atoms with Gasteiger partial charge in [-0.05, 0) is 89.6 Å². The molecular formula is C34H34LiN3O4S. The maximum Gasteiger partial charge on any atom is 1.00 e. The molecule has 0 aromatic heterocycles. The van der Waals surface area contributed by atoms with Crippen LogP contribution in [0.25, 0.3) is 11.1 Å². The first-order chi connectivity index (χ1) is 20.3. The minimum absolute atomic E-state index is 0. The number of aliphatic carboxylic acids is 1. The van der Waals surface area contributed by atoms with Crippen molar-refractivity contribution in [2.75, 3.05) is 16.9 Å². The van der Waals surface area contributed by atoms with Gasteiger partial charge in [0.2, 0.25) is 5.91 Å². The molecule has 0 aliphatic rings. The van der Waals surface area contributed by atoms with Crippen LogP contribution in [0.4, 0.5) is 5.69 Å². The van der Waals surface area contributed by atoms with E-state index in [0.717, 1.165) is 27.9 Å². The summed E-state index contributed by atoms with van der Waals surface area (Å²) >= 11 is 1.51. The van der Waals surface area contributed by atoms with E-state index in [2.05, 4.69) is 22.3 Å². The van der Waals surface area contributed by atoms with Crippen molar-refractivity contribution in [1.82, 2.24) is 5.32 Å². The minimum Gasteiger partial charge on any atom is -0.548 e. The van der Waals surface area contributed by atoms with Crippen LogP contribution in [0.2, 0.25) is 0 Å². The van der Waals surface area contributed by atoms with Crippen molar-refractivity contribution < 1.29 is 38.4 Å². The molecule has 0 fully saturated rings. The zero-order chi connectivity index (χ0) is 30.1. The van der Waals surface area contributed by atoms with E-state index in [4.69, 9.17) is 5.73 Å². The van der Waals surface area contributed by atoms with Crippen molar-refractivity contribution in [3.8, 4) is 11.1 Å². The average Bonchev–Trinajstić information content (AvgIpc) is 2.99. The fraction of sp³-hybridized carbons (Fsp3) is 0.206. The first-order valence-electron chi connectivity index (χ1n) is 13.6. The summed E-state index contributed by atoms with van der Waals surface area (Å²) in [5.41, 5.74) is 11.9. The van der Waals surface area contributed by atoms with E-state index in [1.807, 2.05) is 79.9 Å². The summed E-state index contributed by atoms with van der Waals surface area (Å²) in [5.74, 6) is -1.66. The van der Waals surface area contributed by atoms with E-state index in [1.165, 1.54) is 11.8 Å². The van der Waals surface area contributed by atoms with Crippen LogP contribution in [0.1, 0.15) is 43.8 Å². The number of carbonyl (C=O) groups excluding carboxylic acids is 3. The van der Waals surface area contributed by atoms with Crippen molar-refractivity contribution >= 4 is 35.2 Å². The molecule has 0 radical (unpaired) electrons. The standard InChI is InChI=1S/C34H35N3O4S.Li/c1-23-8-6-7-11-28(23)30-20-25(12-17-29(30)33(39)36-31(34(40)41)18-19-42-2)22-37(21-24-9-4-3-5-10-24)27-15-13-26(14-16-27)32(35)38;/h3-17,20,31H,18-19,21-22H2,1-2H3,(H2,35,38)(H,36,39)(H,40,41);/q;+1/p-1. The smallest absolute Gasteiger partial charge is 0.548 e. The quantitative estimate of drug-likeness (QED) is 0.230. The molecule has 4 rings (SSSR count). The summed E-state index contributed by atoms with van der Waals surface area (Å²) in [4.78, 5) is 39.0. The van der Waals surface area contributed by atoms with Gasteiger partial charge in [-0.15, -0.1) is 0 Å². The van der Waals surface area contributed by atoms with Gasteiger partial charge >= 0.3 is 18.9 Å². The number of nitrogens with one attached hydrogen (secondary N) is 1. The summed E-state index contributed by atoms with van der Waals surface area (Å²) < 4.78 is 0. The summed E-state index contributed by atoms with van der Waals surface area (Å²) in [6, 6.07) is 29.6. The van der Waals surface area contributed by atoms with Gasteiger partial charge in [-0.2, -0.15) is 11.8 Å². The van der Waals surface area contributed by atoms with Crippen molar-refractivity contribution in [3.63, 3.8) is 0 Å². The second kappa shape index (κ2) is 16.0. The van der Waals surface area contributed by atoms with Gasteiger partial charge in [-0.25, -0.2) is 0 Å². The van der Waals surface area contributed by atoms with E-state index < -0.39 is 23.8 Å². The largest absolute Gasteiger partial charge is 1.00 e. The van der Waals surface area contributed by atoms with E-state index in [9.17, 15) is 19.5 Å². The maximum atomic E-state index is 13.5. The predicted molar refractivity (Wildman–Crippen MR) is 167 cm³/mol. The Labute approximate surface area is 269 Å². The Morgan fingerprint density at radius 1 is 0.860 bits per heavy atom. The summed E-state index contributed by atoms with van der Waals surface area (Å²) in [6.07, 6.45) is 2.16. The molecule has 0 bridgehead atoms. The van der Waals surface area contributed by atoms with Crippen molar-refractivity contribution in [1.29, 1.82) is 0 Å². The summed E-state index contributed by atoms with van der Waals surface area (Å²) in [7, 11) is 0. The molecule has 216 valence electrons. The fourth-order valence-corrected chi connectivity index (χ4v) is 5.28. The Morgan fingerprint density at radius 2 is 1.51 bits per heavy atom. The second-order valence-corrected chi connectivity index (χ2v) is 11.1. The first-order valence-corrected chi connectivity index (χ1v) is 15.0. The number of thioether (sulfide) groups is 1. The molecule has 4 aromatic carbocycles. The molecule has 0 aliphatic heterocycles. The molecule has 0 saturated heterocycles. The number of hydrogen-bond donors (Lipinski definition) is 2. The molecule has 43 heavy (non-hydrogen) atoms. The van der Waals surface area contributed by atoms with Gasteiger partial charge in [0, 0.05) is 29.9 Å². The molecule has 0 saturated carbocycles. The molecule has 9 heteroatoms. The van der Waals surface area contributed by atoms with Crippen LogP contribution < -0.4 is 39.9 Å². The Hall–Kier alpha value is -3.96. The number of rotatable bonds is 13. The molecule has 2 amide bonds. The van der Waals surface area contributed by atoms with E-state index >= 15 is 0 Å². The van der Waals surface area contributed by atoms with Gasteiger partial charge in [-0.3, -0.25) is 9.59 Å². The van der Waals surface area contributed by atoms with Crippen molar-refractivity contribution in [2.45, 2.75) is 32.5 Å². The SMILES string of the molecule is CSCCC(NC(=O)c1ccc(CN(Cc2ccccc2)c2ccc(C(N)=O)cc2)cc1-c1ccccc1C)C(=O)[O-].[Li+]. The van der Waals surface area contributed by atoms with Crippen LogP contribution in [0.3, 0.4) is 0 Å². The van der Waals surface area contributed by atoms with E-state index in [0.29, 0.717) is 35.5 Å². The van der Waals surface area contributed by atoms with E-state index in [-0.39, 0.29) is 25.3 Å². The summed E-state index contributed by atoms with van der Waals surface area (Å²) in [6.45, 7) is 3.11. The number of nitrogens with two attached hydrogens (primary N) is 1. The zero-order valence-corrected chi connectivity index (χ0v) is 25.5. The van der Waals surface area contributed by atoms with E-state index in [1.54, 1.807) is 18.2 Å². The molecule has 0 spiro atoms. The average molecular weight is 588 g/mol. The third-order valence-electron chi connectivity index (χ3n) is 7.07. The first kappa shape index (κ1) is 33.5. The van der Waals surface area contributed by atoms with Crippen LogP contribution in [-0.4, -0.2) is 35.8 Å². The number of anilines is 1. The minimum atomic E-state index is -1.30. The number of carboxylic acids is 1. The topological polar surface area (TPSA) is 116 Å². The van der Waals surface area contributed by atoms with Crippen molar-refractivity contribution in [2.24, 2.45) is 5.73 Å². The Kier molecular flexibility index (Phi) is 12.5. The Morgan fingerprint density at radius 3 is 2.14 bits per heavy atom. The maximum absolute atomic E-state index is 13.5. The molecule has 1 atom stereocenters. The van der Waals surface area contributed by atoms with Crippen LogP contribution >= 0.6 is 11.8 Å². The number of amides is 2. The van der Waals surface area contributed by atoms with Gasteiger partial charge in [0.1, 0.15) is 0 Å². The number of benzene rings is 4. The molecule has 0 heterocycles. The monoisotopic (exact) mass is 587 g/mol. The molecule has 7 nitrogen and oxygen atoms in total. The molecule has 0 aliphatic carbocycles. The Bertz CT molecular complexity index is 1550. The van der Waals surface area contributed by atoms with Crippen LogP contribution in [0.15, 0.2) is 97.1 Å². The number of nitrogens with zero attached hydrogens (tertiary/aromatic N) is 1. The van der Waals surface area contributed by atoms with Gasteiger partial charge in [0.15, 0.2) is 0 Å². The number of carboxylic acid groups (broad SMARTS) is 1. The number of carbonyl (C=O) groups is 3. The number of aryl methyl sites for hydroxylation is 1. The molecule has 3 N–H and O–H groups in total. The number of primary amides is 1. The predicted octanol–water partition coefficient (Wildman–Crippen LogP) is 1.57. The molecule has 1 unspecified atom stereocenters. The van der Waals surface area contributed by atoms with Crippen LogP contribution in [0, 0.1) is 6.92 Å². The fourth-order valence-electron chi connectivity index (χ4n) is 4.81. The van der Waals surface area contributed by atoms with Gasteiger partial charge in [0.25, 0.3) is 5.91 Å². The normalized spacial score (nSPS) is 11.2.